The molecule has 0 unspecified atom stereocenters. The van der Waals surface area contributed by atoms with Crippen LogP contribution in [0.2, 0.25) is 0 Å². The van der Waals surface area contributed by atoms with Crippen molar-refractivity contribution in [3.05, 3.63) is 84.3 Å². The van der Waals surface area contributed by atoms with Gasteiger partial charge in [0.1, 0.15) is 34.5 Å². The van der Waals surface area contributed by atoms with Crippen LogP contribution in [-0.2, 0) is 6.54 Å². The number of hydrogen-bond acceptors (Lipinski definition) is 5. The van der Waals surface area contributed by atoms with E-state index in [9.17, 15) is 22.0 Å². The number of ether oxygens (including phenoxy) is 1. The summed E-state index contributed by atoms with van der Waals surface area (Å²) in [7, 11) is 0. The number of H-pyrrole nitrogens is 1. The largest absolute Gasteiger partial charge is 0.573 e. The Kier molecular flexibility index (Phi) is 5.55. The number of aromatic nitrogens is 6. The van der Waals surface area contributed by atoms with Crippen LogP contribution in [0, 0.1) is 11.6 Å². The van der Waals surface area contributed by atoms with Crippen LogP contribution in [0.15, 0.2) is 67.0 Å². The monoisotopic (exact) mass is 485 g/mol. The molecule has 0 bridgehead atoms. The van der Waals surface area contributed by atoms with Gasteiger partial charge >= 0.3 is 6.36 Å². The van der Waals surface area contributed by atoms with Gasteiger partial charge < -0.3 is 9.72 Å². The Morgan fingerprint density at radius 3 is 2.46 bits per heavy atom. The van der Waals surface area contributed by atoms with E-state index in [1.807, 2.05) is 0 Å². The van der Waals surface area contributed by atoms with Gasteiger partial charge in [0, 0.05) is 5.56 Å². The molecule has 7 nitrogen and oxygen atoms in total. The zero-order valence-electron chi connectivity index (χ0n) is 17.6. The van der Waals surface area contributed by atoms with Crippen LogP contribution >= 0.6 is 0 Å². The number of halogens is 5. The van der Waals surface area contributed by atoms with Crippen molar-refractivity contribution in [2.45, 2.75) is 12.9 Å². The highest BCUT2D eigenvalue weighted by molar-refractivity contribution is 5.77. The van der Waals surface area contributed by atoms with E-state index in [2.05, 4.69) is 30.0 Å². The van der Waals surface area contributed by atoms with Crippen LogP contribution in [0.5, 0.6) is 5.75 Å². The maximum Gasteiger partial charge on any atom is 0.573 e. The molecular weight excluding hydrogens is 471 g/mol. The predicted octanol–water partition coefficient (Wildman–Crippen LogP) is 4.59. The average molecular weight is 485 g/mol. The average Bonchev–Trinajstić information content (AvgIpc) is 3.24. The fraction of sp³-hybridized carbons (Fsp3) is 0.0870. The molecule has 0 atom stereocenters. The number of aromatic amines is 1. The van der Waals surface area contributed by atoms with E-state index in [0.717, 1.165) is 6.07 Å². The number of nitrogens with zero attached hydrogens (tertiary/aromatic N) is 5. The van der Waals surface area contributed by atoms with Crippen molar-refractivity contribution in [1.29, 1.82) is 0 Å². The third kappa shape index (κ3) is 4.90. The minimum atomic E-state index is -4.76. The summed E-state index contributed by atoms with van der Waals surface area (Å²) in [5, 5.41) is 12.5. The number of nitrogens with one attached hydrogen (secondary N) is 1. The summed E-state index contributed by atoms with van der Waals surface area (Å²) < 4.78 is 70.0. The first kappa shape index (κ1) is 22.3. The van der Waals surface area contributed by atoms with Gasteiger partial charge in [-0.1, -0.05) is 10.7 Å². The minimum absolute atomic E-state index is 0.00667. The van der Waals surface area contributed by atoms with Gasteiger partial charge in [0.15, 0.2) is 11.6 Å². The molecule has 2 aromatic carbocycles. The second-order valence-electron chi connectivity index (χ2n) is 7.44. The zero-order valence-corrected chi connectivity index (χ0v) is 17.6. The third-order valence-electron chi connectivity index (χ3n) is 5.00. The van der Waals surface area contributed by atoms with E-state index >= 15 is 0 Å². The summed E-state index contributed by atoms with van der Waals surface area (Å²) in [5.41, 5.74) is 2.64. The molecule has 176 valence electrons. The molecular formula is C23H14F5N6O+. The van der Waals surface area contributed by atoms with Gasteiger partial charge in [0.05, 0.1) is 11.3 Å². The Morgan fingerprint density at radius 1 is 0.943 bits per heavy atom. The number of benzene rings is 2. The number of rotatable bonds is 5. The Hall–Kier alpha value is -4.48. The first-order chi connectivity index (χ1) is 16.7. The Morgan fingerprint density at radius 2 is 1.74 bits per heavy atom. The highest BCUT2D eigenvalue weighted by Crippen LogP contribution is 2.26. The van der Waals surface area contributed by atoms with Crippen molar-refractivity contribution in [3.63, 3.8) is 0 Å². The molecule has 3 aromatic heterocycles. The van der Waals surface area contributed by atoms with Gasteiger partial charge in [0.2, 0.25) is 12.7 Å². The highest BCUT2D eigenvalue weighted by atomic mass is 19.4. The molecule has 5 rings (SSSR count). The molecule has 12 heteroatoms. The van der Waals surface area contributed by atoms with E-state index in [-0.39, 0.29) is 23.7 Å². The standard InChI is InChI=1S/C23H13F5N6O/c24-17-3-1-2-16(21(17)25)22-30-19-10-29-34(12-20(19)31-22)11-14-6-9-18(33-32-14)13-4-7-15(8-5-13)35-23(26,27)28/h1-10,12H,11H2/p+1. The van der Waals surface area contributed by atoms with Crippen LogP contribution < -0.4 is 9.42 Å². The lowest BCUT2D eigenvalue weighted by atomic mass is 10.1. The van der Waals surface area contributed by atoms with Crippen molar-refractivity contribution in [3.8, 4) is 28.4 Å². The summed E-state index contributed by atoms with van der Waals surface area (Å²) in [6.07, 6.45) is -1.62. The molecule has 5 aromatic rings. The topological polar surface area (TPSA) is 80.5 Å². The Bertz CT molecular complexity index is 1500. The Labute approximate surface area is 193 Å². The molecule has 0 aliphatic carbocycles. The van der Waals surface area contributed by atoms with Crippen molar-refractivity contribution in [1.82, 2.24) is 25.3 Å². The van der Waals surface area contributed by atoms with Gasteiger partial charge in [0.25, 0.3) is 0 Å². The predicted molar refractivity (Wildman–Crippen MR) is 113 cm³/mol. The molecule has 0 aliphatic heterocycles. The lowest BCUT2D eigenvalue weighted by molar-refractivity contribution is -0.745. The number of fused-ring (bicyclic) bond motifs is 1. The molecule has 0 saturated heterocycles. The zero-order chi connectivity index (χ0) is 24.6. The first-order valence-electron chi connectivity index (χ1n) is 10.1. The van der Waals surface area contributed by atoms with E-state index in [1.165, 1.54) is 42.6 Å². The molecule has 0 radical (unpaired) electrons. The summed E-state index contributed by atoms with van der Waals surface area (Å²) >= 11 is 0. The highest BCUT2D eigenvalue weighted by Gasteiger charge is 2.31. The van der Waals surface area contributed by atoms with E-state index < -0.39 is 18.0 Å². The molecule has 3 heterocycles. The van der Waals surface area contributed by atoms with Gasteiger partial charge in [-0.3, -0.25) is 0 Å². The number of imidazole rings is 1. The molecule has 0 amide bonds. The summed E-state index contributed by atoms with van der Waals surface area (Å²) in [4.78, 5) is 7.23. The van der Waals surface area contributed by atoms with Crippen molar-refractivity contribution >= 4 is 11.0 Å². The fourth-order valence-corrected chi connectivity index (χ4v) is 3.40. The normalized spacial score (nSPS) is 11.7. The van der Waals surface area contributed by atoms with Crippen molar-refractivity contribution in [2.75, 3.05) is 0 Å². The van der Waals surface area contributed by atoms with Gasteiger partial charge in [-0.15, -0.1) is 18.3 Å². The van der Waals surface area contributed by atoms with E-state index in [4.69, 9.17) is 0 Å². The second-order valence-corrected chi connectivity index (χ2v) is 7.44. The number of alkyl halides is 3. The van der Waals surface area contributed by atoms with E-state index in [1.54, 1.807) is 23.0 Å². The second kappa shape index (κ2) is 8.70. The molecule has 0 fully saturated rings. The molecule has 0 saturated carbocycles. The van der Waals surface area contributed by atoms with Crippen molar-refractivity contribution in [2.24, 2.45) is 0 Å². The van der Waals surface area contributed by atoms with Gasteiger partial charge in [-0.2, -0.15) is 5.10 Å². The van der Waals surface area contributed by atoms with Crippen LogP contribution in [0.3, 0.4) is 0 Å². The minimum Gasteiger partial charge on any atom is -0.406 e. The molecule has 0 spiro atoms. The Balaban J connectivity index is 1.32. The first-order valence-corrected chi connectivity index (χ1v) is 10.1. The molecule has 1 N–H and O–H groups in total. The maximum absolute atomic E-state index is 14.1. The lowest BCUT2D eigenvalue weighted by Gasteiger charge is -2.09. The van der Waals surface area contributed by atoms with E-state index in [0.29, 0.717) is 28.0 Å². The molecule has 0 aliphatic rings. The quantitative estimate of drug-likeness (QED) is 0.291. The van der Waals surface area contributed by atoms with Crippen molar-refractivity contribution < 1.29 is 31.4 Å². The third-order valence-corrected chi connectivity index (χ3v) is 5.00. The molecule has 35 heavy (non-hydrogen) atoms. The van der Waals surface area contributed by atoms with Crippen LogP contribution in [0.25, 0.3) is 33.7 Å². The maximum atomic E-state index is 14.1. The summed E-state index contributed by atoms with van der Waals surface area (Å²) in [5.74, 6) is -2.12. The van der Waals surface area contributed by atoms with Gasteiger partial charge in [-0.05, 0) is 53.6 Å². The number of hydrogen-bond donors (Lipinski definition) is 1. The lowest BCUT2D eigenvalue weighted by Crippen LogP contribution is -2.38. The van der Waals surface area contributed by atoms with Crippen LogP contribution in [0.4, 0.5) is 22.0 Å². The summed E-state index contributed by atoms with van der Waals surface area (Å²) in [6.45, 7) is 0.254. The SMILES string of the molecule is Fc1cccc(-c2nc3cn[n+](Cc4ccc(-c5ccc(OC(F)(F)F)cc5)nn4)cc3[nH]2)c1F. The fourth-order valence-electron chi connectivity index (χ4n) is 3.40. The smallest absolute Gasteiger partial charge is 0.406 e. The van der Waals surface area contributed by atoms with Gasteiger partial charge in [-0.25, -0.2) is 13.8 Å². The van der Waals surface area contributed by atoms with Crippen LogP contribution in [0.1, 0.15) is 5.69 Å². The van der Waals surface area contributed by atoms with Crippen LogP contribution in [-0.4, -0.2) is 31.6 Å². The summed E-state index contributed by atoms with van der Waals surface area (Å²) in [6, 6.07) is 12.5.